The zero-order valence-corrected chi connectivity index (χ0v) is 11.2. The molecule has 2 unspecified atom stereocenters. The van der Waals surface area contributed by atoms with E-state index < -0.39 is 0 Å². The molecule has 0 bridgehead atoms. The van der Waals surface area contributed by atoms with Crippen molar-refractivity contribution in [3.05, 3.63) is 18.0 Å². The normalized spacial score (nSPS) is 15.4. The Bertz CT molecular complexity index is 304. The second-order valence-electron chi connectivity index (χ2n) is 4.95. The van der Waals surface area contributed by atoms with Crippen molar-refractivity contribution in [1.82, 2.24) is 15.1 Å². The molecule has 0 saturated carbocycles. The lowest BCUT2D eigenvalue weighted by molar-refractivity contribution is 0.297. The molecule has 0 saturated heterocycles. The van der Waals surface area contributed by atoms with Gasteiger partial charge in [0.2, 0.25) is 0 Å². The summed E-state index contributed by atoms with van der Waals surface area (Å²) in [5.74, 6) is 1.26. The van der Waals surface area contributed by atoms with Gasteiger partial charge in [-0.1, -0.05) is 27.7 Å². The molecule has 1 N–H and O–H groups in total. The van der Waals surface area contributed by atoms with Crippen LogP contribution in [0.15, 0.2) is 12.3 Å². The Kier molecular flexibility index (Phi) is 5.00. The molecular weight excluding hydrogens is 198 g/mol. The first-order valence-corrected chi connectivity index (χ1v) is 6.29. The van der Waals surface area contributed by atoms with Gasteiger partial charge in [0.25, 0.3) is 0 Å². The van der Waals surface area contributed by atoms with E-state index in [9.17, 15) is 0 Å². The highest BCUT2D eigenvalue weighted by Gasteiger charge is 2.23. The van der Waals surface area contributed by atoms with E-state index in [4.69, 9.17) is 0 Å². The summed E-state index contributed by atoms with van der Waals surface area (Å²) in [6.07, 6.45) is 3.18. The predicted octanol–water partition coefficient (Wildman–Crippen LogP) is 2.75. The van der Waals surface area contributed by atoms with Gasteiger partial charge in [-0.2, -0.15) is 5.10 Å². The number of nitrogens with one attached hydrogen (secondary N) is 1. The highest BCUT2D eigenvalue weighted by atomic mass is 15.3. The minimum absolute atomic E-state index is 0.376. The SMILES string of the molecule is CCCNC(c1ccn(C)n1)C(C)C(C)C. The quantitative estimate of drug-likeness (QED) is 0.803. The molecule has 1 rings (SSSR count). The second kappa shape index (κ2) is 6.04. The summed E-state index contributed by atoms with van der Waals surface area (Å²) >= 11 is 0. The Balaban J connectivity index is 2.78. The molecule has 1 aromatic heterocycles. The van der Waals surface area contributed by atoms with Crippen molar-refractivity contribution >= 4 is 0 Å². The number of hydrogen-bond donors (Lipinski definition) is 1. The Morgan fingerprint density at radius 1 is 1.38 bits per heavy atom. The van der Waals surface area contributed by atoms with E-state index in [2.05, 4.69) is 44.2 Å². The molecule has 0 aromatic carbocycles. The molecule has 2 atom stereocenters. The van der Waals surface area contributed by atoms with Gasteiger partial charge < -0.3 is 5.32 Å². The van der Waals surface area contributed by atoms with Gasteiger partial charge in [-0.25, -0.2) is 0 Å². The van der Waals surface area contributed by atoms with E-state index in [0.29, 0.717) is 17.9 Å². The van der Waals surface area contributed by atoms with Crippen LogP contribution in [0.1, 0.15) is 45.9 Å². The molecule has 3 heteroatoms. The van der Waals surface area contributed by atoms with Gasteiger partial charge in [-0.3, -0.25) is 4.68 Å². The van der Waals surface area contributed by atoms with Crippen molar-refractivity contribution < 1.29 is 0 Å². The minimum atomic E-state index is 0.376. The zero-order valence-electron chi connectivity index (χ0n) is 11.2. The highest BCUT2D eigenvalue weighted by Crippen LogP contribution is 2.26. The Morgan fingerprint density at radius 2 is 2.06 bits per heavy atom. The summed E-state index contributed by atoms with van der Waals surface area (Å²) < 4.78 is 1.88. The topological polar surface area (TPSA) is 29.9 Å². The highest BCUT2D eigenvalue weighted by molar-refractivity contribution is 5.07. The molecule has 0 aliphatic heterocycles. The molecule has 0 spiro atoms. The van der Waals surface area contributed by atoms with Crippen LogP contribution in [0.4, 0.5) is 0 Å². The third-order valence-electron chi connectivity index (χ3n) is 3.24. The largest absolute Gasteiger partial charge is 0.308 e. The molecule has 0 fully saturated rings. The maximum absolute atomic E-state index is 4.52. The van der Waals surface area contributed by atoms with Gasteiger partial charge in [0.1, 0.15) is 0 Å². The summed E-state index contributed by atoms with van der Waals surface area (Å²) in [6.45, 7) is 10.1. The van der Waals surface area contributed by atoms with Gasteiger partial charge in [0, 0.05) is 13.2 Å². The van der Waals surface area contributed by atoms with Crippen LogP contribution in [0.5, 0.6) is 0 Å². The van der Waals surface area contributed by atoms with Crippen LogP contribution < -0.4 is 5.32 Å². The average Bonchev–Trinajstić information content (AvgIpc) is 2.65. The summed E-state index contributed by atoms with van der Waals surface area (Å²) in [4.78, 5) is 0. The fourth-order valence-electron chi connectivity index (χ4n) is 1.84. The minimum Gasteiger partial charge on any atom is -0.308 e. The molecule has 0 aliphatic carbocycles. The summed E-state index contributed by atoms with van der Waals surface area (Å²) in [5.41, 5.74) is 1.16. The van der Waals surface area contributed by atoms with E-state index in [-0.39, 0.29) is 0 Å². The van der Waals surface area contributed by atoms with E-state index in [1.54, 1.807) is 0 Å². The van der Waals surface area contributed by atoms with Crippen LogP contribution in [0, 0.1) is 11.8 Å². The predicted molar refractivity (Wildman–Crippen MR) is 68.2 cm³/mol. The maximum Gasteiger partial charge on any atom is 0.0796 e. The summed E-state index contributed by atoms with van der Waals surface area (Å²) in [5, 5.41) is 8.13. The zero-order chi connectivity index (χ0) is 12.1. The fraction of sp³-hybridized carbons (Fsp3) is 0.769. The van der Waals surface area contributed by atoms with E-state index in [1.165, 1.54) is 0 Å². The molecule has 92 valence electrons. The standard InChI is InChI=1S/C13H25N3/c1-6-8-14-13(11(4)10(2)3)12-7-9-16(5)15-12/h7,9-11,13-14H,6,8H2,1-5H3. The van der Waals surface area contributed by atoms with Crippen LogP contribution >= 0.6 is 0 Å². The van der Waals surface area contributed by atoms with Gasteiger partial charge in [0.05, 0.1) is 11.7 Å². The van der Waals surface area contributed by atoms with Crippen molar-refractivity contribution in [3.63, 3.8) is 0 Å². The second-order valence-corrected chi connectivity index (χ2v) is 4.95. The Morgan fingerprint density at radius 3 is 2.50 bits per heavy atom. The van der Waals surface area contributed by atoms with Crippen molar-refractivity contribution in [3.8, 4) is 0 Å². The first kappa shape index (κ1) is 13.2. The monoisotopic (exact) mass is 223 g/mol. The molecular formula is C13H25N3. The Labute approximate surface area is 99.2 Å². The van der Waals surface area contributed by atoms with Crippen LogP contribution in [0.25, 0.3) is 0 Å². The van der Waals surface area contributed by atoms with Crippen molar-refractivity contribution in [2.45, 2.75) is 40.2 Å². The lowest BCUT2D eigenvalue weighted by Gasteiger charge is -2.26. The fourth-order valence-corrected chi connectivity index (χ4v) is 1.84. The third kappa shape index (κ3) is 3.34. The molecule has 0 aliphatic rings. The van der Waals surface area contributed by atoms with E-state index >= 15 is 0 Å². The number of aryl methyl sites for hydroxylation is 1. The molecule has 1 aromatic rings. The molecule has 3 nitrogen and oxygen atoms in total. The number of nitrogens with zero attached hydrogens (tertiary/aromatic N) is 2. The molecule has 16 heavy (non-hydrogen) atoms. The van der Waals surface area contributed by atoms with Crippen LogP contribution in [0.2, 0.25) is 0 Å². The van der Waals surface area contributed by atoms with Crippen LogP contribution in [0.3, 0.4) is 0 Å². The van der Waals surface area contributed by atoms with Gasteiger partial charge in [-0.15, -0.1) is 0 Å². The lowest BCUT2D eigenvalue weighted by Crippen LogP contribution is -2.30. The number of hydrogen-bond acceptors (Lipinski definition) is 2. The van der Waals surface area contributed by atoms with Crippen LogP contribution in [-0.2, 0) is 7.05 Å². The Hall–Kier alpha value is -0.830. The molecule has 0 amide bonds. The number of aromatic nitrogens is 2. The maximum atomic E-state index is 4.52. The first-order valence-electron chi connectivity index (χ1n) is 6.29. The van der Waals surface area contributed by atoms with E-state index in [0.717, 1.165) is 18.7 Å². The van der Waals surface area contributed by atoms with Crippen molar-refractivity contribution in [2.75, 3.05) is 6.54 Å². The van der Waals surface area contributed by atoms with Gasteiger partial charge in [-0.05, 0) is 30.9 Å². The van der Waals surface area contributed by atoms with Crippen molar-refractivity contribution in [2.24, 2.45) is 18.9 Å². The number of rotatable bonds is 6. The summed E-state index contributed by atoms with van der Waals surface area (Å²) in [7, 11) is 1.97. The van der Waals surface area contributed by atoms with Gasteiger partial charge >= 0.3 is 0 Å². The summed E-state index contributed by atoms with van der Waals surface area (Å²) in [6, 6.07) is 2.49. The third-order valence-corrected chi connectivity index (χ3v) is 3.24. The van der Waals surface area contributed by atoms with Crippen LogP contribution in [-0.4, -0.2) is 16.3 Å². The molecule has 0 radical (unpaired) electrons. The lowest BCUT2D eigenvalue weighted by atomic mass is 9.88. The average molecular weight is 223 g/mol. The molecule has 1 heterocycles. The smallest absolute Gasteiger partial charge is 0.0796 e. The van der Waals surface area contributed by atoms with E-state index in [1.807, 2.05) is 17.9 Å². The van der Waals surface area contributed by atoms with Crippen molar-refractivity contribution in [1.29, 1.82) is 0 Å². The van der Waals surface area contributed by atoms with Gasteiger partial charge in [0.15, 0.2) is 0 Å². The first-order chi connectivity index (χ1) is 7.56.